The molecule has 1 aromatic rings. The summed E-state index contributed by atoms with van der Waals surface area (Å²) in [7, 11) is 3.30. The van der Waals surface area contributed by atoms with Gasteiger partial charge >= 0.3 is 12.1 Å². The molecule has 0 bridgehead atoms. The monoisotopic (exact) mass is 353 g/mol. The number of amides is 3. The van der Waals surface area contributed by atoms with Crippen LogP contribution in [0, 0.1) is 0 Å². The number of likely N-dealkylation sites (tertiary alicyclic amines) is 1. The van der Waals surface area contributed by atoms with E-state index in [-0.39, 0.29) is 18.7 Å². The highest BCUT2D eigenvalue weighted by molar-refractivity contribution is 5.75. The van der Waals surface area contributed by atoms with Crippen molar-refractivity contribution < 1.29 is 23.6 Å². The van der Waals surface area contributed by atoms with Crippen LogP contribution in [-0.2, 0) is 22.4 Å². The topological polar surface area (TPSA) is 110 Å². The second-order valence-electron chi connectivity index (χ2n) is 6.44. The van der Waals surface area contributed by atoms with Gasteiger partial charge in [-0.1, -0.05) is 5.16 Å². The Bertz CT molecular complexity index is 636. The minimum atomic E-state index is -0.596. The van der Waals surface area contributed by atoms with Crippen LogP contribution in [0.5, 0.6) is 0 Å². The molecule has 3 heterocycles. The molecule has 0 aromatic carbocycles. The lowest BCUT2D eigenvalue weighted by Crippen LogP contribution is -2.54. The van der Waals surface area contributed by atoms with E-state index in [0.717, 1.165) is 12.8 Å². The normalized spacial score (nSPS) is 23.2. The van der Waals surface area contributed by atoms with E-state index in [1.54, 1.807) is 24.0 Å². The van der Waals surface area contributed by atoms with E-state index in [9.17, 15) is 9.59 Å². The number of ether oxygens (including phenoxy) is 2. The first-order chi connectivity index (χ1) is 12.0. The molecule has 138 valence electrons. The Morgan fingerprint density at radius 3 is 3.00 bits per heavy atom. The third kappa shape index (κ3) is 4.01. The Hall–Kier alpha value is -2.36. The van der Waals surface area contributed by atoms with Crippen LogP contribution in [0.2, 0.25) is 0 Å². The van der Waals surface area contributed by atoms with Crippen LogP contribution in [0.3, 0.4) is 0 Å². The molecule has 25 heavy (non-hydrogen) atoms. The van der Waals surface area contributed by atoms with Gasteiger partial charge in [-0.3, -0.25) is 0 Å². The van der Waals surface area contributed by atoms with E-state index in [4.69, 9.17) is 14.0 Å². The number of urea groups is 1. The molecule has 1 N–H and O–H groups in total. The summed E-state index contributed by atoms with van der Waals surface area (Å²) >= 11 is 0. The van der Waals surface area contributed by atoms with Crippen molar-refractivity contribution in [3.8, 4) is 0 Å². The zero-order valence-corrected chi connectivity index (χ0v) is 14.5. The van der Waals surface area contributed by atoms with Gasteiger partial charge in [-0.2, -0.15) is 4.98 Å². The maximum atomic E-state index is 12.4. The molecule has 0 unspecified atom stereocenters. The number of aromatic nitrogens is 2. The average Bonchev–Trinajstić information content (AvgIpc) is 3.15. The van der Waals surface area contributed by atoms with Crippen LogP contribution < -0.4 is 5.32 Å². The van der Waals surface area contributed by atoms with Crippen molar-refractivity contribution in [2.24, 2.45) is 0 Å². The van der Waals surface area contributed by atoms with Gasteiger partial charge in [0.05, 0.1) is 32.7 Å². The molecule has 0 radical (unpaired) electrons. The summed E-state index contributed by atoms with van der Waals surface area (Å²) in [6.45, 7) is 2.19. The number of carbonyl (C=O) groups is 2. The maximum Gasteiger partial charge on any atom is 0.410 e. The van der Waals surface area contributed by atoms with Gasteiger partial charge in [0.1, 0.15) is 5.60 Å². The van der Waals surface area contributed by atoms with Gasteiger partial charge in [0.2, 0.25) is 5.89 Å². The summed E-state index contributed by atoms with van der Waals surface area (Å²) in [5.74, 6) is 0.891. The number of carbonyl (C=O) groups excluding carboxylic acids is 2. The highest BCUT2D eigenvalue weighted by atomic mass is 16.6. The van der Waals surface area contributed by atoms with E-state index in [1.807, 2.05) is 0 Å². The van der Waals surface area contributed by atoms with Gasteiger partial charge in [0, 0.05) is 20.7 Å². The fourth-order valence-corrected chi connectivity index (χ4v) is 3.20. The Kier molecular flexibility index (Phi) is 5.07. The Morgan fingerprint density at radius 1 is 1.44 bits per heavy atom. The lowest BCUT2D eigenvalue weighted by atomic mass is 9.93. The van der Waals surface area contributed by atoms with Gasteiger partial charge in [0.25, 0.3) is 0 Å². The summed E-state index contributed by atoms with van der Waals surface area (Å²) in [6, 6.07) is -0.229. The molecule has 10 heteroatoms. The third-order valence-electron chi connectivity index (χ3n) is 4.40. The average molecular weight is 353 g/mol. The molecule has 2 fully saturated rings. The van der Waals surface area contributed by atoms with E-state index in [2.05, 4.69) is 15.5 Å². The van der Waals surface area contributed by atoms with Crippen molar-refractivity contribution in [3.05, 3.63) is 11.7 Å². The number of methoxy groups -OCH3 is 1. The number of hydrogen-bond acceptors (Lipinski definition) is 7. The van der Waals surface area contributed by atoms with Crippen LogP contribution in [0.15, 0.2) is 4.52 Å². The van der Waals surface area contributed by atoms with Gasteiger partial charge in [-0.15, -0.1) is 0 Å². The molecule has 1 spiro atoms. The third-order valence-corrected chi connectivity index (χ3v) is 4.40. The van der Waals surface area contributed by atoms with Crippen molar-refractivity contribution in [3.63, 3.8) is 0 Å². The smallest absolute Gasteiger partial charge is 0.410 e. The molecule has 2 saturated heterocycles. The maximum absolute atomic E-state index is 12.4. The summed E-state index contributed by atoms with van der Waals surface area (Å²) in [6.07, 6.45) is 1.75. The van der Waals surface area contributed by atoms with Crippen LogP contribution in [0.4, 0.5) is 9.59 Å². The minimum absolute atomic E-state index is 0.179. The van der Waals surface area contributed by atoms with Gasteiger partial charge < -0.3 is 29.1 Å². The number of piperidine rings is 1. The minimum Gasteiger partial charge on any atom is -0.439 e. The first-order valence-electron chi connectivity index (χ1n) is 8.29. The molecule has 3 amide bonds. The van der Waals surface area contributed by atoms with E-state index in [0.29, 0.717) is 44.4 Å². The molecule has 2 aliphatic heterocycles. The van der Waals surface area contributed by atoms with Crippen LogP contribution >= 0.6 is 0 Å². The van der Waals surface area contributed by atoms with Crippen LogP contribution in [0.25, 0.3) is 0 Å². The lowest BCUT2D eigenvalue weighted by Gasteiger charge is -2.38. The predicted octanol–water partition coefficient (Wildman–Crippen LogP) is 0.385. The fourth-order valence-electron chi connectivity index (χ4n) is 3.20. The molecule has 3 rings (SSSR count). The first-order valence-corrected chi connectivity index (χ1v) is 8.29. The number of rotatable bonds is 5. The Morgan fingerprint density at radius 2 is 2.28 bits per heavy atom. The number of likely N-dealkylation sites (N-methyl/N-ethyl adjacent to an activating group) is 1. The molecular weight excluding hydrogens is 330 g/mol. The van der Waals surface area contributed by atoms with Crippen molar-refractivity contribution in [1.82, 2.24) is 25.3 Å². The Labute approximate surface area is 145 Å². The van der Waals surface area contributed by atoms with Gasteiger partial charge in [0.15, 0.2) is 5.82 Å². The number of nitrogens with zero attached hydrogens (tertiary/aromatic N) is 4. The quantitative estimate of drug-likeness (QED) is 0.815. The van der Waals surface area contributed by atoms with Crippen molar-refractivity contribution >= 4 is 12.1 Å². The van der Waals surface area contributed by atoms with Crippen molar-refractivity contribution in [2.75, 3.05) is 40.4 Å². The highest BCUT2D eigenvalue weighted by Crippen LogP contribution is 2.31. The van der Waals surface area contributed by atoms with E-state index < -0.39 is 5.60 Å². The molecule has 10 nitrogen and oxygen atoms in total. The van der Waals surface area contributed by atoms with E-state index in [1.165, 1.54) is 0 Å². The fraction of sp³-hybridized carbons (Fsp3) is 0.733. The molecule has 2 aliphatic rings. The summed E-state index contributed by atoms with van der Waals surface area (Å²) in [5.41, 5.74) is -0.596. The summed E-state index contributed by atoms with van der Waals surface area (Å²) in [4.78, 5) is 31.5. The van der Waals surface area contributed by atoms with Gasteiger partial charge in [-0.25, -0.2) is 9.59 Å². The van der Waals surface area contributed by atoms with Crippen molar-refractivity contribution in [1.29, 1.82) is 0 Å². The predicted molar refractivity (Wildman–Crippen MR) is 84.8 cm³/mol. The molecular formula is C15H23N5O5. The summed E-state index contributed by atoms with van der Waals surface area (Å²) in [5, 5.41) is 6.61. The SMILES string of the molecule is COCCc1nc(CNC(=O)N2CCC[C@@]3(CN(C)C(=O)O3)C2)no1. The largest absolute Gasteiger partial charge is 0.439 e. The second-order valence-corrected chi connectivity index (χ2v) is 6.44. The van der Waals surface area contributed by atoms with Crippen LogP contribution in [-0.4, -0.2) is 78.1 Å². The Balaban J connectivity index is 1.51. The second kappa shape index (κ2) is 7.26. The highest BCUT2D eigenvalue weighted by Gasteiger charge is 2.47. The molecule has 1 aromatic heterocycles. The standard InChI is InChI=1S/C15H23N5O5/c1-19-9-15(24-14(19)22)5-3-6-20(10-15)13(21)16-8-11-17-12(25-18-11)4-7-23-2/h3-10H2,1-2H3,(H,16,21)/t15-/m1/s1. The molecule has 0 aliphatic carbocycles. The number of nitrogens with one attached hydrogen (secondary N) is 1. The van der Waals surface area contributed by atoms with Gasteiger partial charge in [-0.05, 0) is 12.8 Å². The lowest BCUT2D eigenvalue weighted by molar-refractivity contribution is 0.00315. The first kappa shape index (κ1) is 17.5. The van der Waals surface area contributed by atoms with Crippen molar-refractivity contribution in [2.45, 2.75) is 31.4 Å². The number of hydrogen-bond donors (Lipinski definition) is 1. The van der Waals surface area contributed by atoms with Crippen LogP contribution in [0.1, 0.15) is 24.6 Å². The molecule has 1 atom stereocenters. The summed E-state index contributed by atoms with van der Waals surface area (Å²) < 4.78 is 15.5. The molecule has 0 saturated carbocycles. The zero-order chi connectivity index (χ0) is 17.9. The van der Waals surface area contributed by atoms with E-state index >= 15 is 0 Å². The zero-order valence-electron chi connectivity index (χ0n) is 14.5.